The highest BCUT2D eigenvalue weighted by Crippen LogP contribution is 2.21. The van der Waals surface area contributed by atoms with Gasteiger partial charge >= 0.3 is 0 Å². The van der Waals surface area contributed by atoms with Gasteiger partial charge in [0.1, 0.15) is 5.82 Å². The molecule has 1 rings (SSSR count). The predicted molar refractivity (Wildman–Crippen MR) is 49.5 cm³/mol. The molecule has 0 bridgehead atoms. The molecule has 0 radical (unpaired) electrons. The number of carbonyl (C=O) groups excluding carboxylic acids is 2. The van der Waals surface area contributed by atoms with Gasteiger partial charge in [0.2, 0.25) is 0 Å². The van der Waals surface area contributed by atoms with E-state index in [0.717, 1.165) is 6.07 Å². The molecule has 2 nitrogen and oxygen atoms in total. The summed E-state index contributed by atoms with van der Waals surface area (Å²) in [6, 6.07) is 2.45. The van der Waals surface area contributed by atoms with Crippen molar-refractivity contribution in [2.45, 2.75) is 6.92 Å². The van der Waals surface area contributed by atoms with Crippen molar-refractivity contribution in [3.05, 3.63) is 33.5 Å². The van der Waals surface area contributed by atoms with E-state index in [4.69, 9.17) is 0 Å². The smallest absolute Gasteiger partial charge is 0.159 e. The SMILES string of the molecule is CC(=O)c1cc(F)c(Br)c(C=O)c1. The highest BCUT2D eigenvalue weighted by atomic mass is 79.9. The van der Waals surface area contributed by atoms with Crippen LogP contribution in [0.2, 0.25) is 0 Å². The molecule has 1 aromatic carbocycles. The van der Waals surface area contributed by atoms with Gasteiger partial charge < -0.3 is 0 Å². The molecule has 13 heavy (non-hydrogen) atoms. The van der Waals surface area contributed by atoms with Gasteiger partial charge in [-0.1, -0.05) is 0 Å². The Kier molecular flexibility index (Phi) is 2.93. The van der Waals surface area contributed by atoms with Crippen molar-refractivity contribution in [3.8, 4) is 0 Å². The van der Waals surface area contributed by atoms with Crippen molar-refractivity contribution in [3.63, 3.8) is 0 Å². The minimum absolute atomic E-state index is 0.0903. The number of aldehydes is 1. The number of carbonyl (C=O) groups is 2. The van der Waals surface area contributed by atoms with Crippen molar-refractivity contribution >= 4 is 28.0 Å². The summed E-state index contributed by atoms with van der Waals surface area (Å²) in [5.41, 5.74) is 0.341. The zero-order valence-corrected chi connectivity index (χ0v) is 8.39. The fourth-order valence-corrected chi connectivity index (χ4v) is 1.22. The molecule has 0 unspecified atom stereocenters. The van der Waals surface area contributed by atoms with E-state index in [-0.39, 0.29) is 21.4 Å². The van der Waals surface area contributed by atoms with Crippen LogP contribution < -0.4 is 0 Å². The topological polar surface area (TPSA) is 34.1 Å². The number of halogens is 2. The molecule has 0 saturated carbocycles. The van der Waals surface area contributed by atoms with Gasteiger partial charge in [-0.3, -0.25) is 9.59 Å². The summed E-state index contributed by atoms with van der Waals surface area (Å²) in [4.78, 5) is 21.3. The molecule has 0 amide bonds. The molecular formula is C9H6BrFO2. The van der Waals surface area contributed by atoms with Gasteiger partial charge in [0.05, 0.1) is 4.47 Å². The molecule has 0 heterocycles. The van der Waals surface area contributed by atoms with E-state index in [1.807, 2.05) is 0 Å². The largest absolute Gasteiger partial charge is 0.298 e. The molecular weight excluding hydrogens is 239 g/mol. The third-order valence-corrected chi connectivity index (χ3v) is 2.43. The normalized spacial score (nSPS) is 9.77. The Morgan fingerprint density at radius 2 is 2.15 bits per heavy atom. The maximum absolute atomic E-state index is 13.0. The average molecular weight is 245 g/mol. The van der Waals surface area contributed by atoms with Crippen molar-refractivity contribution in [2.75, 3.05) is 0 Å². The second kappa shape index (κ2) is 3.79. The summed E-state index contributed by atoms with van der Waals surface area (Å²) in [5, 5.41) is 0. The maximum Gasteiger partial charge on any atom is 0.159 e. The zero-order chi connectivity index (χ0) is 10.0. The molecule has 0 N–H and O–H groups in total. The van der Waals surface area contributed by atoms with Crippen LogP contribution in [0.5, 0.6) is 0 Å². The quantitative estimate of drug-likeness (QED) is 0.592. The lowest BCUT2D eigenvalue weighted by Gasteiger charge is -2.01. The molecule has 4 heteroatoms. The Bertz CT molecular complexity index is 374. The summed E-state index contributed by atoms with van der Waals surface area (Å²) in [6.45, 7) is 1.32. The van der Waals surface area contributed by atoms with Crippen LogP contribution in [0.15, 0.2) is 16.6 Å². The van der Waals surface area contributed by atoms with Crippen LogP contribution in [0.1, 0.15) is 27.6 Å². The fourth-order valence-electron chi connectivity index (χ4n) is 0.899. The first-order chi connectivity index (χ1) is 6.06. The Balaban J connectivity index is 3.38. The molecule has 0 atom stereocenters. The maximum atomic E-state index is 13.0. The van der Waals surface area contributed by atoms with Gasteiger partial charge in [0.15, 0.2) is 12.1 Å². The first-order valence-electron chi connectivity index (χ1n) is 3.51. The average Bonchev–Trinajstić information content (AvgIpc) is 2.09. The first-order valence-corrected chi connectivity index (χ1v) is 4.30. The first kappa shape index (κ1) is 10.1. The van der Waals surface area contributed by atoms with Crippen molar-refractivity contribution in [2.24, 2.45) is 0 Å². The molecule has 0 saturated heterocycles. The van der Waals surface area contributed by atoms with Crippen LogP contribution in [-0.4, -0.2) is 12.1 Å². The van der Waals surface area contributed by atoms with E-state index in [2.05, 4.69) is 15.9 Å². The van der Waals surface area contributed by atoms with Crippen LogP contribution in [0.4, 0.5) is 4.39 Å². The van der Waals surface area contributed by atoms with Crippen molar-refractivity contribution in [1.29, 1.82) is 0 Å². The Morgan fingerprint density at radius 1 is 1.54 bits per heavy atom. The molecule has 0 aliphatic carbocycles. The highest BCUT2D eigenvalue weighted by Gasteiger charge is 2.09. The van der Waals surface area contributed by atoms with Crippen LogP contribution in [0.3, 0.4) is 0 Å². The third-order valence-electron chi connectivity index (χ3n) is 1.59. The second-order valence-corrected chi connectivity index (χ2v) is 3.33. The number of benzene rings is 1. The van der Waals surface area contributed by atoms with Crippen LogP contribution in [0, 0.1) is 5.82 Å². The van der Waals surface area contributed by atoms with Crippen LogP contribution >= 0.6 is 15.9 Å². The second-order valence-electron chi connectivity index (χ2n) is 2.54. The predicted octanol–water partition coefficient (Wildman–Crippen LogP) is 2.60. The van der Waals surface area contributed by atoms with E-state index in [1.165, 1.54) is 13.0 Å². The van der Waals surface area contributed by atoms with E-state index >= 15 is 0 Å². The minimum Gasteiger partial charge on any atom is -0.298 e. The van der Waals surface area contributed by atoms with Gasteiger partial charge in [-0.15, -0.1) is 0 Å². The molecule has 68 valence electrons. The lowest BCUT2D eigenvalue weighted by atomic mass is 10.1. The van der Waals surface area contributed by atoms with Crippen LogP contribution in [-0.2, 0) is 0 Å². The fraction of sp³-hybridized carbons (Fsp3) is 0.111. The standard InChI is InChI=1S/C9H6BrFO2/c1-5(13)6-2-7(4-12)9(10)8(11)3-6/h2-4H,1H3. The number of ketones is 1. The van der Waals surface area contributed by atoms with Gasteiger partial charge in [0.25, 0.3) is 0 Å². The highest BCUT2D eigenvalue weighted by molar-refractivity contribution is 9.10. The van der Waals surface area contributed by atoms with Crippen molar-refractivity contribution in [1.82, 2.24) is 0 Å². The molecule has 0 aliphatic rings. The van der Waals surface area contributed by atoms with Gasteiger partial charge in [0, 0.05) is 11.1 Å². The lowest BCUT2D eigenvalue weighted by Crippen LogP contribution is -1.97. The number of hydrogen-bond donors (Lipinski definition) is 0. The zero-order valence-electron chi connectivity index (χ0n) is 6.80. The van der Waals surface area contributed by atoms with Crippen LogP contribution in [0.25, 0.3) is 0 Å². The molecule has 1 aromatic rings. The summed E-state index contributed by atoms with van der Waals surface area (Å²) >= 11 is 2.91. The van der Waals surface area contributed by atoms with E-state index in [0.29, 0.717) is 6.29 Å². The minimum atomic E-state index is -0.602. The van der Waals surface area contributed by atoms with E-state index in [1.54, 1.807) is 0 Å². The number of rotatable bonds is 2. The number of Topliss-reactive ketones (excluding diaryl/α,β-unsaturated/α-hetero) is 1. The monoisotopic (exact) mass is 244 g/mol. The van der Waals surface area contributed by atoms with E-state index in [9.17, 15) is 14.0 Å². The summed E-state index contributed by atoms with van der Waals surface area (Å²) in [7, 11) is 0. The molecule has 0 spiro atoms. The summed E-state index contributed by atoms with van der Waals surface area (Å²) in [6.07, 6.45) is 0.500. The van der Waals surface area contributed by atoms with Crippen molar-refractivity contribution < 1.29 is 14.0 Å². The summed E-state index contributed by atoms with van der Waals surface area (Å²) < 4.78 is 13.1. The molecule has 0 aromatic heterocycles. The molecule has 0 aliphatic heterocycles. The van der Waals surface area contributed by atoms with Gasteiger partial charge in [-0.05, 0) is 35.0 Å². The third kappa shape index (κ3) is 2.01. The van der Waals surface area contributed by atoms with E-state index < -0.39 is 5.82 Å². The van der Waals surface area contributed by atoms with Gasteiger partial charge in [-0.25, -0.2) is 4.39 Å². The Hall–Kier alpha value is -1.03. The Morgan fingerprint density at radius 3 is 2.62 bits per heavy atom. The summed E-state index contributed by atoms with van der Waals surface area (Å²) in [5.74, 6) is -0.871. The van der Waals surface area contributed by atoms with Gasteiger partial charge in [-0.2, -0.15) is 0 Å². The number of hydrogen-bond acceptors (Lipinski definition) is 2. The Labute approximate surface area is 82.9 Å². The lowest BCUT2D eigenvalue weighted by molar-refractivity contribution is 0.101. The molecule has 0 fully saturated rings.